The molecule has 10 rings (SSSR count). The highest BCUT2D eigenvalue weighted by Gasteiger charge is 2.43. The molecule has 0 amide bonds. The van der Waals surface area contributed by atoms with Gasteiger partial charge in [0.15, 0.2) is 7.28 Å². The van der Waals surface area contributed by atoms with Crippen LogP contribution in [0.4, 0.5) is 11.4 Å². The molecule has 1 N–H and O–H groups in total. The van der Waals surface area contributed by atoms with Crippen LogP contribution in [0.3, 0.4) is 0 Å². The highest BCUT2D eigenvalue weighted by atomic mass is 16.5. The fraction of sp³-hybridized carbons (Fsp3) is 0.240. The zero-order valence-corrected chi connectivity index (χ0v) is 33.0. The first-order chi connectivity index (χ1) is 25.7. The first-order valence-electron chi connectivity index (χ1n) is 19.5. The predicted molar refractivity (Wildman–Crippen MR) is 234 cm³/mol. The van der Waals surface area contributed by atoms with Crippen LogP contribution < -0.4 is 37.4 Å². The second-order valence-corrected chi connectivity index (χ2v) is 18.9. The maximum Gasteiger partial charge on any atom is 0.257 e. The lowest BCUT2D eigenvalue weighted by Crippen LogP contribution is -2.59. The van der Waals surface area contributed by atoms with Gasteiger partial charge >= 0.3 is 0 Å². The molecule has 2 bridgehead atoms. The number of nitrogens with one attached hydrogen (secondary N) is 1. The standard InChI is InChI=1S/C50H46B2NO/c1-48(2,3)28-18-20-33-36-22-23-42-44-46(36)53-45-38(34-21-19-29(49(4,5)6)26-40(34)51-39(33)25-28)24-30(50(7,8)9)27-41(45)52(44)43-35-16-12-10-14-31(35)32-15-11-13-17-37(32)47(43)54-42/h10-27,53H,1-9H3. The maximum atomic E-state index is 7.17. The predicted octanol–water partition coefficient (Wildman–Crippen LogP) is 9.87. The Kier molecular flexibility index (Phi) is 6.90. The van der Waals surface area contributed by atoms with Gasteiger partial charge in [-0.2, -0.15) is 0 Å². The van der Waals surface area contributed by atoms with Crippen molar-refractivity contribution < 1.29 is 4.74 Å². The summed E-state index contributed by atoms with van der Waals surface area (Å²) in [6.07, 6.45) is 0. The molecule has 263 valence electrons. The van der Waals surface area contributed by atoms with Crippen molar-refractivity contribution in [3.05, 3.63) is 126 Å². The highest BCUT2D eigenvalue weighted by molar-refractivity contribution is 7.01. The van der Waals surface area contributed by atoms with E-state index in [0.717, 1.165) is 22.6 Å². The van der Waals surface area contributed by atoms with Gasteiger partial charge < -0.3 is 10.1 Å². The lowest BCUT2D eigenvalue weighted by Gasteiger charge is -2.39. The van der Waals surface area contributed by atoms with E-state index in [2.05, 4.69) is 184 Å². The normalized spacial score (nSPS) is 14.1. The van der Waals surface area contributed by atoms with Gasteiger partial charge in [-0.05, 0) is 94.8 Å². The molecule has 0 unspecified atom stereocenters. The first-order valence-corrected chi connectivity index (χ1v) is 19.5. The van der Waals surface area contributed by atoms with E-state index in [1.807, 2.05) is 0 Å². The number of benzene rings is 7. The summed E-state index contributed by atoms with van der Waals surface area (Å²) >= 11 is 0. The number of hydrogen-bond donors (Lipinski definition) is 1. The van der Waals surface area contributed by atoms with Crippen molar-refractivity contribution in [1.82, 2.24) is 0 Å². The number of fused-ring (bicyclic) bond motifs is 12. The van der Waals surface area contributed by atoms with Crippen LogP contribution in [0.2, 0.25) is 0 Å². The van der Waals surface area contributed by atoms with E-state index in [4.69, 9.17) is 4.74 Å². The van der Waals surface area contributed by atoms with Gasteiger partial charge in [0.1, 0.15) is 11.5 Å². The van der Waals surface area contributed by atoms with E-state index in [0.29, 0.717) is 0 Å². The average Bonchev–Trinajstić information content (AvgIpc) is 3.13. The number of hydrogen-bond acceptors (Lipinski definition) is 2. The SMILES string of the molecule is CC(C)(C)c1ccc2c(c1)[B]c1cc(C(C)(C)C)ccc1-c1ccc3c4c1Nc1c(cc(C(C)(C)C)cc1-2)B4c1c(c2ccccc2c2ccccc12)O3. The van der Waals surface area contributed by atoms with Crippen molar-refractivity contribution in [3.8, 4) is 33.8 Å². The summed E-state index contributed by atoms with van der Waals surface area (Å²) in [5, 5.41) is 9.05. The van der Waals surface area contributed by atoms with E-state index < -0.39 is 0 Å². The second kappa shape index (κ2) is 11.2. The maximum absolute atomic E-state index is 7.17. The van der Waals surface area contributed by atoms with Crippen molar-refractivity contribution >= 4 is 74.2 Å². The molecule has 0 spiro atoms. The topological polar surface area (TPSA) is 21.3 Å². The molecule has 0 saturated carbocycles. The average molecular weight is 699 g/mol. The van der Waals surface area contributed by atoms with E-state index in [9.17, 15) is 0 Å². The van der Waals surface area contributed by atoms with Crippen LogP contribution in [0.25, 0.3) is 43.8 Å². The summed E-state index contributed by atoms with van der Waals surface area (Å²) in [5.74, 6) is 1.90. The molecule has 7 aromatic carbocycles. The van der Waals surface area contributed by atoms with Crippen LogP contribution in [0.5, 0.6) is 11.5 Å². The summed E-state index contributed by atoms with van der Waals surface area (Å²) in [7, 11) is 2.46. The van der Waals surface area contributed by atoms with Crippen molar-refractivity contribution in [2.24, 2.45) is 0 Å². The van der Waals surface area contributed by atoms with Gasteiger partial charge in [-0.25, -0.2) is 0 Å². The van der Waals surface area contributed by atoms with Crippen LogP contribution in [0, 0.1) is 0 Å². The smallest absolute Gasteiger partial charge is 0.257 e. The molecule has 0 atom stereocenters. The van der Waals surface area contributed by atoms with E-state index in [-0.39, 0.29) is 23.0 Å². The Morgan fingerprint density at radius 1 is 0.481 bits per heavy atom. The molecule has 0 saturated heterocycles. The number of ether oxygens (including phenoxy) is 1. The van der Waals surface area contributed by atoms with E-state index >= 15 is 0 Å². The molecule has 0 aromatic heterocycles. The molecule has 54 heavy (non-hydrogen) atoms. The van der Waals surface area contributed by atoms with Gasteiger partial charge in [-0.15, -0.1) is 0 Å². The zero-order chi connectivity index (χ0) is 37.5. The third-order valence-electron chi connectivity index (χ3n) is 12.2. The molecule has 2 nitrogen and oxygen atoms in total. The summed E-state index contributed by atoms with van der Waals surface area (Å²) in [4.78, 5) is 0. The molecule has 3 heterocycles. The molecular weight excluding hydrogens is 652 g/mol. The van der Waals surface area contributed by atoms with E-state index in [1.54, 1.807) is 0 Å². The minimum Gasteiger partial charge on any atom is -0.458 e. The Balaban J connectivity index is 1.39. The van der Waals surface area contributed by atoms with Gasteiger partial charge in [-0.1, -0.05) is 164 Å². The fourth-order valence-electron chi connectivity index (χ4n) is 9.19. The quantitative estimate of drug-likeness (QED) is 0.126. The summed E-state index contributed by atoms with van der Waals surface area (Å²) in [6.45, 7) is 20.9. The Morgan fingerprint density at radius 2 is 1.02 bits per heavy atom. The van der Waals surface area contributed by atoms with Crippen LogP contribution in [-0.4, -0.2) is 14.0 Å². The Hall–Kier alpha value is -5.21. The van der Waals surface area contributed by atoms with Crippen molar-refractivity contribution in [1.29, 1.82) is 0 Å². The third-order valence-corrected chi connectivity index (χ3v) is 12.2. The summed E-state index contributed by atoms with van der Waals surface area (Å²) < 4.78 is 7.17. The second-order valence-electron chi connectivity index (χ2n) is 18.9. The van der Waals surface area contributed by atoms with Gasteiger partial charge in [0, 0.05) is 27.9 Å². The molecule has 0 aliphatic carbocycles. The van der Waals surface area contributed by atoms with Gasteiger partial charge in [0.05, 0.1) is 0 Å². The lowest BCUT2D eigenvalue weighted by molar-refractivity contribution is 0.494. The van der Waals surface area contributed by atoms with Gasteiger partial charge in [0.2, 0.25) is 0 Å². The fourth-order valence-corrected chi connectivity index (χ4v) is 9.19. The van der Waals surface area contributed by atoms with E-state index in [1.165, 1.54) is 88.1 Å². The van der Waals surface area contributed by atoms with Crippen LogP contribution in [0.1, 0.15) is 79.0 Å². The van der Waals surface area contributed by atoms with Crippen LogP contribution in [0.15, 0.2) is 109 Å². The molecule has 0 fully saturated rings. The lowest BCUT2D eigenvalue weighted by atomic mass is 9.33. The molecule has 1 radical (unpaired) electrons. The summed E-state index contributed by atoms with van der Waals surface area (Å²) in [6, 6.07) is 41.5. The molecule has 4 heteroatoms. The minimum absolute atomic E-state index is 0.00618. The molecule has 7 aromatic rings. The highest BCUT2D eigenvalue weighted by Crippen LogP contribution is 2.45. The minimum atomic E-state index is -0.0747. The van der Waals surface area contributed by atoms with Gasteiger partial charge in [0.25, 0.3) is 6.71 Å². The Labute approximate surface area is 321 Å². The van der Waals surface area contributed by atoms with Crippen molar-refractivity contribution in [2.45, 2.75) is 78.6 Å². The Morgan fingerprint density at radius 3 is 1.63 bits per heavy atom. The number of rotatable bonds is 0. The molecular formula is C50H46B2NO. The number of anilines is 2. The molecule has 3 aliphatic rings. The van der Waals surface area contributed by atoms with Crippen LogP contribution in [-0.2, 0) is 16.2 Å². The first kappa shape index (κ1) is 33.4. The van der Waals surface area contributed by atoms with Gasteiger partial charge in [-0.3, -0.25) is 0 Å². The van der Waals surface area contributed by atoms with Crippen LogP contribution >= 0.6 is 0 Å². The monoisotopic (exact) mass is 698 g/mol. The molecule has 3 aliphatic heterocycles. The Bertz CT molecular complexity index is 2760. The zero-order valence-electron chi connectivity index (χ0n) is 33.0. The van der Waals surface area contributed by atoms with Crippen molar-refractivity contribution in [3.63, 3.8) is 0 Å². The largest absolute Gasteiger partial charge is 0.458 e. The summed E-state index contributed by atoms with van der Waals surface area (Å²) in [5.41, 5.74) is 17.5. The van der Waals surface area contributed by atoms with Crippen molar-refractivity contribution in [2.75, 3.05) is 5.32 Å². The third kappa shape index (κ3) is 4.88.